The molecule has 1 unspecified atom stereocenters. The first-order valence-electron chi connectivity index (χ1n) is 5.61. The van der Waals surface area contributed by atoms with E-state index < -0.39 is 35.5 Å². The van der Waals surface area contributed by atoms with E-state index in [1.165, 1.54) is 0 Å². The number of rotatable bonds is 4. The first-order chi connectivity index (χ1) is 7.37. The average molecular weight is 245 g/mol. The van der Waals surface area contributed by atoms with E-state index in [4.69, 9.17) is 5.11 Å². The fourth-order valence-corrected chi connectivity index (χ4v) is 2.40. The van der Waals surface area contributed by atoms with Gasteiger partial charge in [0.1, 0.15) is 6.04 Å². The van der Waals surface area contributed by atoms with Crippen LogP contribution in [-0.2, 0) is 9.59 Å². The van der Waals surface area contributed by atoms with Crippen molar-refractivity contribution in [1.29, 1.82) is 0 Å². The Morgan fingerprint density at radius 2 is 1.35 bits per heavy atom. The minimum atomic E-state index is -1.10. The molecular formula is C12H23NO4. The van der Waals surface area contributed by atoms with Crippen molar-refractivity contribution in [2.24, 2.45) is 0 Å². The number of aliphatic carboxylic acids is 2. The first-order valence-corrected chi connectivity index (χ1v) is 5.61. The predicted molar refractivity (Wildman–Crippen MR) is 65.0 cm³/mol. The van der Waals surface area contributed by atoms with Crippen LogP contribution < -0.4 is 0 Å². The Labute approximate surface area is 102 Å². The van der Waals surface area contributed by atoms with Gasteiger partial charge in [-0.15, -0.1) is 0 Å². The smallest absolute Gasteiger partial charge is 0.321 e. The zero-order chi connectivity index (χ0) is 14.0. The van der Waals surface area contributed by atoms with Crippen LogP contribution in [0.25, 0.3) is 0 Å². The lowest BCUT2D eigenvalue weighted by Crippen LogP contribution is -2.60. The topological polar surface area (TPSA) is 77.8 Å². The Hall–Kier alpha value is -1.10. The maximum atomic E-state index is 11.3. The summed E-state index contributed by atoms with van der Waals surface area (Å²) in [5, 5.41) is 18.0. The van der Waals surface area contributed by atoms with Crippen molar-refractivity contribution in [1.82, 2.24) is 4.90 Å². The van der Waals surface area contributed by atoms with E-state index in [0.717, 1.165) is 0 Å². The molecule has 0 amide bonds. The molecule has 0 spiro atoms. The quantitative estimate of drug-likeness (QED) is 0.789. The van der Waals surface area contributed by atoms with Gasteiger partial charge >= 0.3 is 11.9 Å². The average Bonchev–Trinajstić information content (AvgIpc) is 1.95. The summed E-state index contributed by atoms with van der Waals surface area (Å²) >= 11 is 0. The van der Waals surface area contributed by atoms with E-state index in [0.29, 0.717) is 0 Å². The summed E-state index contributed by atoms with van der Waals surface area (Å²) in [6, 6.07) is -1.02. The fourth-order valence-electron chi connectivity index (χ4n) is 2.40. The number of nitrogens with zero attached hydrogens (tertiary/aromatic N) is 1. The molecule has 2 N–H and O–H groups in total. The van der Waals surface area contributed by atoms with Crippen LogP contribution in [0.1, 0.15) is 48.0 Å². The Morgan fingerprint density at radius 1 is 1.00 bits per heavy atom. The van der Waals surface area contributed by atoms with Crippen molar-refractivity contribution in [2.75, 3.05) is 0 Å². The van der Waals surface area contributed by atoms with Crippen LogP contribution in [0.5, 0.6) is 0 Å². The predicted octanol–water partition coefficient (Wildman–Crippen LogP) is 1.81. The molecule has 0 saturated carbocycles. The molecule has 0 aromatic rings. The van der Waals surface area contributed by atoms with Crippen LogP contribution in [0.4, 0.5) is 0 Å². The number of carboxylic acid groups (broad SMARTS) is 2. The van der Waals surface area contributed by atoms with Gasteiger partial charge in [-0.1, -0.05) is 0 Å². The zero-order valence-corrected chi connectivity index (χ0v) is 11.4. The summed E-state index contributed by atoms with van der Waals surface area (Å²) in [5.41, 5.74) is -0.840. The monoisotopic (exact) mass is 245 g/mol. The zero-order valence-electron chi connectivity index (χ0n) is 11.4. The number of hydrogen-bond donors (Lipinski definition) is 2. The standard InChI is InChI=1S/C12H23NO4/c1-11(2,3)13(12(4,5)6)8(10(16)17)7-9(14)15/h8H,7H2,1-6H3,(H,14,15)(H,16,17). The van der Waals surface area contributed by atoms with Gasteiger partial charge in [0.25, 0.3) is 0 Å². The van der Waals surface area contributed by atoms with Crippen LogP contribution in [-0.4, -0.2) is 44.2 Å². The van der Waals surface area contributed by atoms with Gasteiger partial charge in [0.15, 0.2) is 0 Å². The van der Waals surface area contributed by atoms with Gasteiger partial charge < -0.3 is 10.2 Å². The highest BCUT2D eigenvalue weighted by atomic mass is 16.4. The van der Waals surface area contributed by atoms with Crippen molar-refractivity contribution in [3.63, 3.8) is 0 Å². The molecule has 0 heterocycles. The largest absolute Gasteiger partial charge is 0.481 e. The Bertz CT molecular complexity index is 285. The third-order valence-corrected chi connectivity index (χ3v) is 2.41. The molecule has 5 heteroatoms. The minimum absolute atomic E-state index is 0.399. The molecule has 100 valence electrons. The van der Waals surface area contributed by atoms with E-state index in [-0.39, 0.29) is 0 Å². The highest BCUT2D eigenvalue weighted by molar-refractivity contribution is 5.80. The molecule has 0 aromatic heterocycles. The minimum Gasteiger partial charge on any atom is -0.481 e. The molecule has 0 aliphatic rings. The summed E-state index contributed by atoms with van der Waals surface area (Å²) in [6.07, 6.45) is -0.399. The first kappa shape index (κ1) is 15.9. The van der Waals surface area contributed by atoms with E-state index in [2.05, 4.69) is 0 Å². The lowest BCUT2D eigenvalue weighted by Gasteiger charge is -2.48. The normalized spacial score (nSPS) is 14.8. The lowest BCUT2D eigenvalue weighted by molar-refractivity contribution is -0.156. The van der Waals surface area contributed by atoms with Gasteiger partial charge in [-0.05, 0) is 41.5 Å². The van der Waals surface area contributed by atoms with Crippen molar-refractivity contribution >= 4 is 11.9 Å². The molecule has 5 nitrogen and oxygen atoms in total. The summed E-state index contributed by atoms with van der Waals surface area (Å²) in [7, 11) is 0. The molecule has 0 fully saturated rings. The molecule has 0 aromatic carbocycles. The molecule has 0 bridgehead atoms. The Kier molecular flexibility index (Phi) is 4.71. The maximum absolute atomic E-state index is 11.3. The summed E-state index contributed by atoms with van der Waals surface area (Å²) in [6.45, 7) is 11.3. The maximum Gasteiger partial charge on any atom is 0.321 e. The van der Waals surface area contributed by atoms with E-state index >= 15 is 0 Å². The van der Waals surface area contributed by atoms with E-state index in [9.17, 15) is 14.7 Å². The highest BCUT2D eigenvalue weighted by Crippen LogP contribution is 2.29. The van der Waals surface area contributed by atoms with Gasteiger partial charge in [0, 0.05) is 11.1 Å². The lowest BCUT2D eigenvalue weighted by atomic mass is 9.92. The Balaban J connectivity index is 5.39. The van der Waals surface area contributed by atoms with Crippen molar-refractivity contribution < 1.29 is 19.8 Å². The second-order valence-corrected chi connectivity index (χ2v) is 6.16. The van der Waals surface area contributed by atoms with E-state index in [1.54, 1.807) is 4.90 Å². The molecule has 0 aliphatic carbocycles. The third-order valence-electron chi connectivity index (χ3n) is 2.41. The van der Waals surface area contributed by atoms with Crippen LogP contribution in [0.15, 0.2) is 0 Å². The summed E-state index contributed by atoms with van der Waals surface area (Å²) in [5.74, 6) is -2.20. The number of carbonyl (C=O) groups is 2. The molecule has 17 heavy (non-hydrogen) atoms. The fraction of sp³-hybridized carbons (Fsp3) is 0.833. The van der Waals surface area contributed by atoms with Gasteiger partial charge in [0.2, 0.25) is 0 Å². The van der Waals surface area contributed by atoms with Gasteiger partial charge in [-0.3, -0.25) is 14.5 Å². The summed E-state index contributed by atoms with van der Waals surface area (Å²) in [4.78, 5) is 23.8. The van der Waals surface area contributed by atoms with Crippen LogP contribution >= 0.6 is 0 Å². The highest BCUT2D eigenvalue weighted by Gasteiger charge is 2.41. The number of carboxylic acids is 2. The molecule has 0 rings (SSSR count). The second-order valence-electron chi connectivity index (χ2n) is 6.16. The molecule has 0 saturated heterocycles. The van der Waals surface area contributed by atoms with Gasteiger partial charge in [-0.25, -0.2) is 0 Å². The van der Waals surface area contributed by atoms with Gasteiger partial charge in [-0.2, -0.15) is 0 Å². The van der Waals surface area contributed by atoms with Crippen LogP contribution in [0.3, 0.4) is 0 Å². The molecular weight excluding hydrogens is 222 g/mol. The molecule has 0 aliphatic heterocycles. The van der Waals surface area contributed by atoms with Crippen molar-refractivity contribution in [3.05, 3.63) is 0 Å². The van der Waals surface area contributed by atoms with Crippen molar-refractivity contribution in [2.45, 2.75) is 65.1 Å². The van der Waals surface area contributed by atoms with Crippen LogP contribution in [0.2, 0.25) is 0 Å². The van der Waals surface area contributed by atoms with Gasteiger partial charge in [0.05, 0.1) is 6.42 Å². The molecule has 1 atom stereocenters. The number of hydrogen-bond acceptors (Lipinski definition) is 3. The van der Waals surface area contributed by atoms with Crippen molar-refractivity contribution in [3.8, 4) is 0 Å². The van der Waals surface area contributed by atoms with Crippen LogP contribution in [0, 0.1) is 0 Å². The van der Waals surface area contributed by atoms with E-state index in [1.807, 2.05) is 41.5 Å². The third kappa shape index (κ3) is 4.73. The summed E-state index contributed by atoms with van der Waals surface area (Å²) < 4.78 is 0. The molecule has 0 radical (unpaired) electrons. The Morgan fingerprint density at radius 3 is 1.53 bits per heavy atom. The second kappa shape index (κ2) is 5.04. The SMILES string of the molecule is CC(C)(C)N(C(CC(=O)O)C(=O)O)C(C)(C)C.